The van der Waals surface area contributed by atoms with Crippen molar-refractivity contribution in [3.05, 3.63) is 34.0 Å². The van der Waals surface area contributed by atoms with Gasteiger partial charge in [-0.1, -0.05) is 0 Å². The number of hydrogen-bond donors (Lipinski definition) is 2. The third kappa shape index (κ3) is 3.70. The van der Waals surface area contributed by atoms with E-state index in [2.05, 4.69) is 15.0 Å². The number of aromatic nitrogens is 1. The number of thiazole rings is 1. The number of furan rings is 1. The molecule has 0 radical (unpaired) electrons. The molecule has 1 aliphatic carbocycles. The zero-order valence-corrected chi connectivity index (χ0v) is 13.3. The summed E-state index contributed by atoms with van der Waals surface area (Å²) in [6.07, 6.45) is 2.36. The van der Waals surface area contributed by atoms with Crippen LogP contribution in [0.15, 0.2) is 27.2 Å². The second-order valence-corrected chi connectivity index (χ2v) is 7.70. The third-order valence-corrected chi connectivity index (χ3v) is 5.52. The molecule has 0 aliphatic heterocycles. The summed E-state index contributed by atoms with van der Waals surface area (Å²) < 4.78 is 32.3. The fraction of sp³-hybridized carbons (Fsp3) is 0.462. The van der Waals surface area contributed by atoms with Gasteiger partial charge in [-0.2, -0.15) is 0 Å². The lowest BCUT2D eigenvalue weighted by Gasteiger charge is -2.03. The maximum Gasteiger partial charge on any atom is 0.274 e. The van der Waals surface area contributed by atoms with Crippen molar-refractivity contribution in [3.63, 3.8) is 0 Å². The molecule has 0 saturated heterocycles. The van der Waals surface area contributed by atoms with Crippen LogP contribution in [-0.4, -0.2) is 19.4 Å². The molecule has 0 spiro atoms. The number of nitrogens with zero attached hydrogens (tertiary/aromatic N) is 1. The van der Waals surface area contributed by atoms with Crippen LogP contribution in [0.25, 0.3) is 0 Å². The van der Waals surface area contributed by atoms with Crippen molar-refractivity contribution in [2.75, 3.05) is 0 Å². The lowest BCUT2D eigenvalue weighted by Crippen LogP contribution is -2.22. The molecule has 6 nitrogen and oxygen atoms in total. The van der Waals surface area contributed by atoms with Crippen molar-refractivity contribution in [2.45, 2.75) is 44.0 Å². The molecular weight excluding hydrogens is 310 g/mol. The van der Waals surface area contributed by atoms with Crippen LogP contribution in [0.2, 0.25) is 0 Å². The van der Waals surface area contributed by atoms with Gasteiger partial charge in [-0.3, -0.25) is 0 Å². The molecule has 0 bridgehead atoms. The quantitative estimate of drug-likeness (QED) is 0.810. The summed E-state index contributed by atoms with van der Waals surface area (Å²) in [6.45, 7) is 2.65. The summed E-state index contributed by atoms with van der Waals surface area (Å²) >= 11 is 1.43. The number of aryl methyl sites for hydroxylation is 1. The van der Waals surface area contributed by atoms with E-state index < -0.39 is 10.0 Å². The van der Waals surface area contributed by atoms with E-state index in [0.29, 0.717) is 18.3 Å². The highest BCUT2D eigenvalue weighted by molar-refractivity contribution is 7.89. The summed E-state index contributed by atoms with van der Waals surface area (Å²) in [5, 5.41) is 3.24. The van der Waals surface area contributed by atoms with E-state index in [1.807, 2.05) is 6.92 Å². The molecule has 1 fully saturated rings. The molecule has 21 heavy (non-hydrogen) atoms. The van der Waals surface area contributed by atoms with Gasteiger partial charge in [0.25, 0.3) is 10.0 Å². The molecule has 2 heterocycles. The lowest BCUT2D eigenvalue weighted by molar-refractivity contribution is 0.399. The molecular formula is C13H17N3O3S2. The smallest absolute Gasteiger partial charge is 0.274 e. The first-order chi connectivity index (χ1) is 10.0. The molecule has 0 amide bonds. The van der Waals surface area contributed by atoms with Crippen molar-refractivity contribution in [1.29, 1.82) is 0 Å². The minimum Gasteiger partial charge on any atom is -0.447 e. The Balaban J connectivity index is 1.62. The van der Waals surface area contributed by atoms with Crippen LogP contribution in [0, 0.1) is 6.92 Å². The van der Waals surface area contributed by atoms with Crippen molar-refractivity contribution in [3.8, 4) is 0 Å². The first-order valence-corrected chi connectivity index (χ1v) is 9.11. The first-order valence-electron chi connectivity index (χ1n) is 6.75. The molecule has 0 unspecified atom stereocenters. The van der Waals surface area contributed by atoms with E-state index in [0.717, 1.165) is 10.6 Å². The van der Waals surface area contributed by atoms with Crippen LogP contribution in [0.3, 0.4) is 0 Å². The van der Waals surface area contributed by atoms with Crippen molar-refractivity contribution in [1.82, 2.24) is 15.0 Å². The maximum absolute atomic E-state index is 12.2. The molecule has 1 saturated carbocycles. The fourth-order valence-corrected chi connectivity index (χ4v) is 3.61. The van der Waals surface area contributed by atoms with Crippen LogP contribution in [-0.2, 0) is 23.1 Å². The number of hydrogen-bond acceptors (Lipinski definition) is 6. The summed E-state index contributed by atoms with van der Waals surface area (Å²) in [5.41, 5.74) is 2.55. The van der Waals surface area contributed by atoms with Crippen LogP contribution in [0.5, 0.6) is 0 Å². The average molecular weight is 327 g/mol. The number of rotatable bonds is 7. The van der Waals surface area contributed by atoms with Gasteiger partial charge in [0.2, 0.25) is 5.09 Å². The predicted octanol–water partition coefficient (Wildman–Crippen LogP) is 1.78. The summed E-state index contributed by atoms with van der Waals surface area (Å²) in [6, 6.07) is 3.75. The van der Waals surface area contributed by atoms with Gasteiger partial charge in [0.05, 0.1) is 17.7 Å². The molecule has 1 aliphatic rings. The Morgan fingerprint density at radius 3 is 2.86 bits per heavy atom. The van der Waals surface area contributed by atoms with Gasteiger partial charge in [-0.05, 0) is 31.9 Å². The largest absolute Gasteiger partial charge is 0.447 e. The van der Waals surface area contributed by atoms with E-state index in [1.54, 1.807) is 11.6 Å². The Morgan fingerprint density at radius 2 is 2.19 bits per heavy atom. The zero-order valence-electron chi connectivity index (χ0n) is 11.6. The average Bonchev–Trinajstić information content (AvgIpc) is 2.98. The Hall–Kier alpha value is -1.22. The van der Waals surface area contributed by atoms with Crippen molar-refractivity contribution >= 4 is 21.4 Å². The summed E-state index contributed by atoms with van der Waals surface area (Å²) in [4.78, 5) is 5.00. The molecule has 114 valence electrons. The van der Waals surface area contributed by atoms with Gasteiger partial charge in [-0.15, -0.1) is 11.3 Å². The van der Waals surface area contributed by atoms with Gasteiger partial charge in [0, 0.05) is 17.5 Å². The Labute approximate surface area is 127 Å². The minimum absolute atomic E-state index is 0.0442. The highest BCUT2D eigenvalue weighted by Crippen LogP contribution is 2.21. The SMILES string of the molecule is Cc1ncsc1CNS(=O)(=O)c1ccc(CNC2CC2)o1. The van der Waals surface area contributed by atoms with Crippen LogP contribution in [0.4, 0.5) is 0 Å². The first kappa shape index (κ1) is 14.7. The third-order valence-electron chi connectivity index (χ3n) is 3.31. The monoisotopic (exact) mass is 327 g/mol. The van der Waals surface area contributed by atoms with E-state index >= 15 is 0 Å². The second kappa shape index (κ2) is 5.88. The van der Waals surface area contributed by atoms with Crippen LogP contribution < -0.4 is 10.0 Å². The predicted molar refractivity (Wildman–Crippen MR) is 79.4 cm³/mol. The molecule has 0 atom stereocenters. The van der Waals surface area contributed by atoms with E-state index in [1.165, 1.54) is 30.2 Å². The standard InChI is InChI=1S/C13H17N3O3S2/c1-9-12(20-8-15-9)7-16-21(17,18)13-5-4-11(19-13)6-14-10-2-3-10/h4-5,8,10,14,16H,2-3,6-7H2,1H3. The molecule has 3 rings (SSSR count). The van der Waals surface area contributed by atoms with Crippen molar-refractivity contribution in [2.24, 2.45) is 0 Å². The summed E-state index contributed by atoms with van der Waals surface area (Å²) in [7, 11) is -3.62. The van der Waals surface area contributed by atoms with E-state index in [4.69, 9.17) is 4.42 Å². The van der Waals surface area contributed by atoms with Crippen molar-refractivity contribution < 1.29 is 12.8 Å². The molecule has 2 aromatic heterocycles. The molecule has 0 aromatic carbocycles. The molecule has 2 aromatic rings. The summed E-state index contributed by atoms with van der Waals surface area (Å²) in [5.74, 6) is 0.635. The fourth-order valence-electron chi connectivity index (χ4n) is 1.86. The normalized spacial score (nSPS) is 15.5. The van der Waals surface area contributed by atoms with E-state index in [-0.39, 0.29) is 11.6 Å². The van der Waals surface area contributed by atoms with Gasteiger partial charge in [0.1, 0.15) is 5.76 Å². The Morgan fingerprint density at radius 1 is 1.38 bits per heavy atom. The van der Waals surface area contributed by atoms with Gasteiger partial charge in [-0.25, -0.2) is 18.1 Å². The molecule has 2 N–H and O–H groups in total. The zero-order chi connectivity index (χ0) is 14.9. The molecule has 8 heteroatoms. The lowest BCUT2D eigenvalue weighted by atomic mass is 10.4. The van der Waals surface area contributed by atoms with Crippen LogP contribution >= 0.6 is 11.3 Å². The van der Waals surface area contributed by atoms with Gasteiger partial charge >= 0.3 is 0 Å². The topological polar surface area (TPSA) is 84.2 Å². The Bertz CT molecular complexity index is 717. The minimum atomic E-state index is -3.62. The highest BCUT2D eigenvalue weighted by atomic mass is 32.2. The highest BCUT2D eigenvalue weighted by Gasteiger charge is 2.22. The van der Waals surface area contributed by atoms with Crippen LogP contribution in [0.1, 0.15) is 29.2 Å². The Kier molecular flexibility index (Phi) is 4.12. The van der Waals surface area contributed by atoms with Gasteiger partial charge < -0.3 is 9.73 Å². The maximum atomic E-state index is 12.2. The number of sulfonamides is 1. The van der Waals surface area contributed by atoms with Gasteiger partial charge in [0.15, 0.2) is 0 Å². The second-order valence-electron chi connectivity index (χ2n) is 5.06. The van der Waals surface area contributed by atoms with E-state index in [9.17, 15) is 8.42 Å². The number of nitrogens with one attached hydrogen (secondary N) is 2.